The number of carbonyl (C=O) groups is 2. The van der Waals surface area contributed by atoms with Crippen molar-refractivity contribution in [2.45, 2.75) is 38.4 Å². The van der Waals surface area contributed by atoms with E-state index in [-0.39, 0.29) is 12.1 Å². The molecule has 0 bridgehead atoms. The Balaban J connectivity index is 1.65. The molecule has 0 aromatic rings. The van der Waals surface area contributed by atoms with Crippen molar-refractivity contribution < 1.29 is 19.4 Å². The molecule has 2 fully saturated rings. The number of amides is 2. The lowest BCUT2D eigenvalue weighted by molar-refractivity contribution is -0.149. The van der Waals surface area contributed by atoms with Crippen molar-refractivity contribution in [1.29, 1.82) is 0 Å². The van der Waals surface area contributed by atoms with E-state index >= 15 is 0 Å². The van der Waals surface area contributed by atoms with E-state index in [2.05, 4.69) is 17.1 Å². The number of hydrogen-bond donors (Lipinski definition) is 2. The lowest BCUT2D eigenvalue weighted by Gasteiger charge is -2.34. The van der Waals surface area contributed by atoms with Crippen LogP contribution in [-0.4, -0.2) is 78.4 Å². The fourth-order valence-corrected chi connectivity index (χ4v) is 2.84. The van der Waals surface area contributed by atoms with Crippen LogP contribution in [-0.2, 0) is 9.53 Å². The summed E-state index contributed by atoms with van der Waals surface area (Å²) in [5.41, 5.74) is 0. The van der Waals surface area contributed by atoms with Gasteiger partial charge in [0.2, 0.25) is 0 Å². The predicted molar refractivity (Wildman–Crippen MR) is 77.2 cm³/mol. The number of rotatable bonds is 5. The molecule has 2 aliphatic rings. The minimum Gasteiger partial charge on any atom is -0.479 e. The Morgan fingerprint density at radius 3 is 2.52 bits per heavy atom. The Bertz CT molecular complexity index is 369. The van der Waals surface area contributed by atoms with Crippen molar-refractivity contribution >= 4 is 12.0 Å². The van der Waals surface area contributed by atoms with E-state index in [4.69, 9.17) is 9.84 Å². The number of urea groups is 1. The second-order valence-electron chi connectivity index (χ2n) is 5.68. The molecule has 0 spiro atoms. The smallest absolute Gasteiger partial charge is 0.332 e. The number of nitrogens with one attached hydrogen (secondary N) is 1. The summed E-state index contributed by atoms with van der Waals surface area (Å²) in [6, 6.07) is -0.0754. The van der Waals surface area contributed by atoms with Crippen LogP contribution in [0.1, 0.15) is 26.2 Å². The van der Waals surface area contributed by atoms with Gasteiger partial charge in [-0.2, -0.15) is 0 Å². The number of aliphatic carboxylic acids is 1. The maximum absolute atomic E-state index is 12.1. The number of hydrogen-bond acceptors (Lipinski definition) is 4. The van der Waals surface area contributed by atoms with Gasteiger partial charge in [-0.1, -0.05) is 6.92 Å². The molecular weight excluding hydrogens is 274 g/mol. The highest BCUT2D eigenvalue weighted by Gasteiger charge is 2.31. The molecule has 2 rings (SSSR count). The second kappa shape index (κ2) is 7.61. The van der Waals surface area contributed by atoms with Crippen LogP contribution in [0.15, 0.2) is 0 Å². The summed E-state index contributed by atoms with van der Waals surface area (Å²) in [6.07, 6.45) is 1.43. The summed E-state index contributed by atoms with van der Waals surface area (Å²) < 4.78 is 5.37. The average molecular weight is 299 g/mol. The van der Waals surface area contributed by atoms with Gasteiger partial charge in [-0.3, -0.25) is 4.90 Å². The van der Waals surface area contributed by atoms with Crippen molar-refractivity contribution in [2.24, 2.45) is 0 Å². The van der Waals surface area contributed by atoms with Crippen LogP contribution in [0.2, 0.25) is 0 Å². The number of ether oxygens (including phenoxy) is 1. The van der Waals surface area contributed by atoms with Gasteiger partial charge in [-0.15, -0.1) is 0 Å². The standard InChI is InChI=1S/C14H25N3O4/c1-2-5-16-6-8-17(9-7-16)14(20)15-10-11-3-4-12(21-11)13(18)19/h11-12H,2-10H2,1H3,(H,15,20)(H,18,19). The summed E-state index contributed by atoms with van der Waals surface area (Å²) in [5.74, 6) is -0.920. The molecule has 120 valence electrons. The fraction of sp³-hybridized carbons (Fsp3) is 0.857. The number of nitrogens with zero attached hydrogens (tertiary/aromatic N) is 2. The monoisotopic (exact) mass is 299 g/mol. The first-order valence-electron chi connectivity index (χ1n) is 7.73. The molecule has 0 aromatic heterocycles. The molecule has 0 radical (unpaired) electrons. The molecule has 2 aliphatic heterocycles. The largest absolute Gasteiger partial charge is 0.479 e. The molecule has 7 heteroatoms. The molecule has 2 atom stereocenters. The third-order valence-corrected chi connectivity index (χ3v) is 4.06. The maximum atomic E-state index is 12.1. The second-order valence-corrected chi connectivity index (χ2v) is 5.68. The first kappa shape index (κ1) is 16.0. The molecule has 21 heavy (non-hydrogen) atoms. The van der Waals surface area contributed by atoms with Crippen LogP contribution in [0.3, 0.4) is 0 Å². The zero-order chi connectivity index (χ0) is 15.2. The highest BCUT2D eigenvalue weighted by molar-refractivity contribution is 5.74. The van der Waals surface area contributed by atoms with Gasteiger partial charge >= 0.3 is 12.0 Å². The Morgan fingerprint density at radius 2 is 1.95 bits per heavy atom. The van der Waals surface area contributed by atoms with E-state index in [0.717, 1.165) is 39.1 Å². The summed E-state index contributed by atoms with van der Waals surface area (Å²) in [6.45, 7) is 6.96. The van der Waals surface area contributed by atoms with Gasteiger partial charge in [0.1, 0.15) is 0 Å². The van der Waals surface area contributed by atoms with E-state index in [1.165, 1.54) is 0 Å². The summed E-state index contributed by atoms with van der Waals surface area (Å²) >= 11 is 0. The van der Waals surface area contributed by atoms with Crippen molar-refractivity contribution in [1.82, 2.24) is 15.1 Å². The highest BCUT2D eigenvalue weighted by atomic mass is 16.5. The van der Waals surface area contributed by atoms with Crippen LogP contribution in [0.5, 0.6) is 0 Å². The highest BCUT2D eigenvalue weighted by Crippen LogP contribution is 2.19. The molecule has 2 saturated heterocycles. The van der Waals surface area contributed by atoms with Crippen molar-refractivity contribution in [3.63, 3.8) is 0 Å². The van der Waals surface area contributed by atoms with E-state index in [1.54, 1.807) is 0 Å². The first-order valence-corrected chi connectivity index (χ1v) is 7.73. The third kappa shape index (κ3) is 4.57. The normalized spacial score (nSPS) is 26.8. The minimum absolute atomic E-state index is 0.0754. The van der Waals surface area contributed by atoms with E-state index in [1.807, 2.05) is 4.90 Å². The first-order chi connectivity index (χ1) is 10.1. The van der Waals surface area contributed by atoms with Crippen LogP contribution in [0, 0.1) is 0 Å². The van der Waals surface area contributed by atoms with Gasteiger partial charge in [0.15, 0.2) is 6.10 Å². The van der Waals surface area contributed by atoms with Crippen molar-refractivity contribution in [3.8, 4) is 0 Å². The van der Waals surface area contributed by atoms with Gasteiger partial charge in [0, 0.05) is 32.7 Å². The predicted octanol–water partition coefficient (Wildman–Crippen LogP) is 0.356. The molecule has 0 aliphatic carbocycles. The topological polar surface area (TPSA) is 82.1 Å². The summed E-state index contributed by atoms with van der Waals surface area (Å²) in [7, 11) is 0. The zero-order valence-electron chi connectivity index (χ0n) is 12.6. The van der Waals surface area contributed by atoms with Crippen LogP contribution < -0.4 is 5.32 Å². The van der Waals surface area contributed by atoms with Crippen LogP contribution in [0.4, 0.5) is 4.79 Å². The fourth-order valence-electron chi connectivity index (χ4n) is 2.84. The molecule has 2 amide bonds. The third-order valence-electron chi connectivity index (χ3n) is 4.06. The molecule has 2 heterocycles. The molecular formula is C14H25N3O4. The Morgan fingerprint density at radius 1 is 1.24 bits per heavy atom. The summed E-state index contributed by atoms with van der Waals surface area (Å²) in [5, 5.41) is 11.7. The lowest BCUT2D eigenvalue weighted by Crippen LogP contribution is -2.52. The molecule has 0 aromatic carbocycles. The van der Waals surface area contributed by atoms with Crippen molar-refractivity contribution in [2.75, 3.05) is 39.3 Å². The van der Waals surface area contributed by atoms with Crippen LogP contribution >= 0.6 is 0 Å². The zero-order valence-corrected chi connectivity index (χ0v) is 12.6. The Hall–Kier alpha value is -1.34. The number of carbonyl (C=O) groups excluding carboxylic acids is 1. The van der Waals surface area contributed by atoms with Crippen molar-refractivity contribution in [3.05, 3.63) is 0 Å². The quantitative estimate of drug-likeness (QED) is 0.766. The van der Waals surface area contributed by atoms with Gasteiger partial charge in [-0.25, -0.2) is 9.59 Å². The van der Waals surface area contributed by atoms with Gasteiger partial charge in [0.25, 0.3) is 0 Å². The summed E-state index contributed by atoms with van der Waals surface area (Å²) in [4.78, 5) is 27.0. The molecule has 7 nitrogen and oxygen atoms in total. The van der Waals surface area contributed by atoms with E-state index in [9.17, 15) is 9.59 Å². The number of carboxylic acids is 1. The maximum Gasteiger partial charge on any atom is 0.332 e. The number of carboxylic acid groups (broad SMARTS) is 1. The lowest BCUT2D eigenvalue weighted by atomic mass is 10.2. The SMILES string of the molecule is CCCN1CCN(C(=O)NCC2CCC(C(=O)O)O2)CC1. The number of piperazine rings is 1. The van der Waals surface area contributed by atoms with Gasteiger partial charge < -0.3 is 20.1 Å². The Labute approximate surface area is 125 Å². The Kier molecular flexibility index (Phi) is 5.81. The average Bonchev–Trinajstić information content (AvgIpc) is 2.95. The molecule has 0 saturated carbocycles. The van der Waals surface area contributed by atoms with Crippen LogP contribution in [0.25, 0.3) is 0 Å². The van der Waals surface area contributed by atoms with E-state index in [0.29, 0.717) is 19.4 Å². The minimum atomic E-state index is -0.920. The van der Waals surface area contributed by atoms with E-state index < -0.39 is 12.1 Å². The van der Waals surface area contributed by atoms with Gasteiger partial charge in [-0.05, 0) is 25.8 Å². The molecule has 2 N–H and O–H groups in total. The van der Waals surface area contributed by atoms with Gasteiger partial charge in [0.05, 0.1) is 6.10 Å². The molecule has 2 unspecified atom stereocenters.